The highest BCUT2D eigenvalue weighted by atomic mass is 32.2. The number of carbonyl (C=O) groups excluding carboxylic acids is 1. The minimum atomic E-state index is -3.24. The summed E-state index contributed by atoms with van der Waals surface area (Å²) in [5.74, 6) is 0.0403. The zero-order valence-corrected chi connectivity index (χ0v) is 20.3. The van der Waals surface area contributed by atoms with E-state index >= 15 is 0 Å². The minimum absolute atomic E-state index is 0.150. The van der Waals surface area contributed by atoms with E-state index in [2.05, 4.69) is 15.2 Å². The third kappa shape index (κ3) is 9.16. The van der Waals surface area contributed by atoms with Gasteiger partial charge in [-0.3, -0.25) is 14.7 Å². The number of carbonyl (C=O) groups is 1. The fraction of sp³-hybridized carbons (Fsp3) is 0.667. The maximum atomic E-state index is 13.0. The van der Waals surface area contributed by atoms with Crippen LogP contribution in [0.25, 0.3) is 6.08 Å². The Morgan fingerprint density at radius 3 is 2.73 bits per heavy atom. The van der Waals surface area contributed by atoms with E-state index in [1.165, 1.54) is 6.08 Å². The molecule has 1 amide bonds. The van der Waals surface area contributed by atoms with Crippen molar-refractivity contribution in [2.45, 2.75) is 51.0 Å². The fourth-order valence-corrected chi connectivity index (χ4v) is 5.99. The van der Waals surface area contributed by atoms with E-state index in [1.54, 1.807) is 22.8 Å². The van der Waals surface area contributed by atoms with Crippen molar-refractivity contribution in [1.82, 2.24) is 19.5 Å². The predicted octanol–water partition coefficient (Wildman–Crippen LogP) is 2.29. The molecule has 1 aromatic heterocycles. The molecule has 1 saturated heterocycles. The third-order valence-electron chi connectivity index (χ3n) is 6.29. The molecule has 0 spiro atoms. The first kappa shape index (κ1) is 25.8. The summed E-state index contributed by atoms with van der Waals surface area (Å²) in [5.41, 5.74) is 0.874. The molecular formula is C24H38N4O4S. The summed E-state index contributed by atoms with van der Waals surface area (Å²) in [7, 11) is -3.24. The maximum Gasteiger partial charge on any atom is 0.243 e. The van der Waals surface area contributed by atoms with Crippen LogP contribution < -0.4 is 5.32 Å². The normalized spacial score (nSPS) is 18.0. The van der Waals surface area contributed by atoms with Crippen LogP contribution in [0, 0.1) is 0 Å². The van der Waals surface area contributed by atoms with E-state index < -0.39 is 10.0 Å². The van der Waals surface area contributed by atoms with Crippen molar-refractivity contribution in [3.8, 4) is 0 Å². The molecule has 1 N–H and O–H groups in total. The molecule has 1 aliphatic carbocycles. The second kappa shape index (κ2) is 13.8. The standard InChI is InChI=1S/C24H38N4O4S/c29-24(11-10-22-7-5-12-25-21-22)26-13-2-1-3-20-33(30,31)28(23-8-4-9-23)15-6-14-27-16-18-32-19-17-27/h5,7,10-12,21,23H,1-4,6,8-9,13-20H2,(H,26,29). The molecule has 9 heteroatoms. The number of amides is 1. The van der Waals surface area contributed by atoms with Gasteiger partial charge in [0.2, 0.25) is 15.9 Å². The van der Waals surface area contributed by atoms with Crippen molar-refractivity contribution >= 4 is 22.0 Å². The smallest absolute Gasteiger partial charge is 0.243 e. The Bertz CT molecular complexity index is 837. The number of sulfonamides is 1. The lowest BCUT2D eigenvalue weighted by Crippen LogP contribution is -2.46. The SMILES string of the molecule is O=C(C=Cc1cccnc1)NCCCCCS(=O)(=O)N(CCCN1CCOCC1)C1CCC1. The van der Waals surface area contributed by atoms with Gasteiger partial charge in [0.1, 0.15) is 0 Å². The van der Waals surface area contributed by atoms with E-state index in [0.29, 0.717) is 19.5 Å². The summed E-state index contributed by atoms with van der Waals surface area (Å²) in [6.45, 7) is 5.50. The Morgan fingerprint density at radius 2 is 2.03 bits per heavy atom. The van der Waals surface area contributed by atoms with Crippen molar-refractivity contribution in [3.63, 3.8) is 0 Å². The molecule has 0 aromatic carbocycles. The van der Waals surface area contributed by atoms with E-state index in [1.807, 2.05) is 12.1 Å². The third-order valence-corrected chi connectivity index (χ3v) is 8.29. The van der Waals surface area contributed by atoms with E-state index in [9.17, 15) is 13.2 Å². The Kier molecular flexibility index (Phi) is 10.8. The summed E-state index contributed by atoms with van der Waals surface area (Å²) < 4.78 is 33.2. The number of morpholine rings is 1. The highest BCUT2D eigenvalue weighted by Gasteiger charge is 2.33. The van der Waals surface area contributed by atoms with Gasteiger partial charge in [-0.25, -0.2) is 8.42 Å². The van der Waals surface area contributed by atoms with Gasteiger partial charge in [-0.1, -0.05) is 18.9 Å². The van der Waals surface area contributed by atoms with Gasteiger partial charge in [-0.05, 0) is 56.4 Å². The van der Waals surface area contributed by atoms with Crippen LogP contribution in [0.4, 0.5) is 0 Å². The van der Waals surface area contributed by atoms with Crippen LogP contribution in [-0.2, 0) is 19.6 Å². The van der Waals surface area contributed by atoms with Gasteiger partial charge in [0.05, 0.1) is 19.0 Å². The molecule has 0 bridgehead atoms. The molecule has 1 saturated carbocycles. The maximum absolute atomic E-state index is 13.0. The number of hydrogen-bond donors (Lipinski definition) is 1. The highest BCUT2D eigenvalue weighted by molar-refractivity contribution is 7.89. The number of pyridine rings is 1. The Morgan fingerprint density at radius 1 is 1.21 bits per heavy atom. The van der Waals surface area contributed by atoms with Crippen molar-refractivity contribution < 1.29 is 17.9 Å². The van der Waals surface area contributed by atoms with Crippen molar-refractivity contribution in [3.05, 3.63) is 36.2 Å². The van der Waals surface area contributed by atoms with Gasteiger partial charge in [0, 0.05) is 50.7 Å². The Hall–Kier alpha value is -1.81. The van der Waals surface area contributed by atoms with Crippen LogP contribution in [0.1, 0.15) is 50.5 Å². The number of rotatable bonds is 14. The summed E-state index contributed by atoms with van der Waals surface area (Å²) in [5, 5.41) is 2.85. The lowest BCUT2D eigenvalue weighted by molar-refractivity contribution is -0.116. The van der Waals surface area contributed by atoms with Gasteiger partial charge in [-0.15, -0.1) is 0 Å². The van der Waals surface area contributed by atoms with E-state index in [4.69, 9.17) is 4.74 Å². The molecule has 0 unspecified atom stereocenters. The summed E-state index contributed by atoms with van der Waals surface area (Å²) >= 11 is 0. The van der Waals surface area contributed by atoms with Crippen LogP contribution in [0.3, 0.4) is 0 Å². The van der Waals surface area contributed by atoms with Gasteiger partial charge in [-0.2, -0.15) is 4.31 Å². The number of nitrogens with one attached hydrogen (secondary N) is 1. The fourth-order valence-electron chi connectivity index (χ4n) is 4.12. The van der Waals surface area contributed by atoms with Crippen LogP contribution in [0.2, 0.25) is 0 Å². The molecule has 184 valence electrons. The van der Waals surface area contributed by atoms with Crippen LogP contribution >= 0.6 is 0 Å². The van der Waals surface area contributed by atoms with Gasteiger partial charge >= 0.3 is 0 Å². The van der Waals surface area contributed by atoms with Crippen LogP contribution in [0.5, 0.6) is 0 Å². The van der Waals surface area contributed by atoms with Crippen LogP contribution in [0.15, 0.2) is 30.6 Å². The molecule has 1 aliphatic heterocycles. The largest absolute Gasteiger partial charge is 0.379 e. The Balaban J connectivity index is 1.32. The Labute approximate surface area is 198 Å². The molecule has 2 fully saturated rings. The van der Waals surface area contributed by atoms with Crippen molar-refractivity contribution in [2.24, 2.45) is 0 Å². The molecule has 0 radical (unpaired) electrons. The molecule has 2 aliphatic rings. The minimum Gasteiger partial charge on any atom is -0.379 e. The second-order valence-electron chi connectivity index (χ2n) is 8.79. The number of unbranched alkanes of at least 4 members (excludes halogenated alkanes) is 2. The summed E-state index contributed by atoms with van der Waals surface area (Å²) in [4.78, 5) is 18.3. The van der Waals surface area contributed by atoms with E-state index in [-0.39, 0.29) is 17.7 Å². The topological polar surface area (TPSA) is 91.8 Å². The first-order chi connectivity index (χ1) is 16.0. The van der Waals surface area contributed by atoms with Crippen molar-refractivity contribution in [2.75, 3.05) is 51.7 Å². The van der Waals surface area contributed by atoms with Gasteiger partial charge in [0.25, 0.3) is 0 Å². The molecule has 33 heavy (non-hydrogen) atoms. The summed E-state index contributed by atoms with van der Waals surface area (Å²) in [6.07, 6.45) is 12.7. The number of hydrogen-bond acceptors (Lipinski definition) is 6. The summed E-state index contributed by atoms with van der Waals surface area (Å²) in [6, 6.07) is 3.89. The number of ether oxygens (including phenoxy) is 1. The molecule has 2 heterocycles. The molecule has 3 rings (SSSR count). The number of aromatic nitrogens is 1. The van der Waals surface area contributed by atoms with Crippen molar-refractivity contribution in [1.29, 1.82) is 0 Å². The predicted molar refractivity (Wildman–Crippen MR) is 130 cm³/mol. The second-order valence-corrected chi connectivity index (χ2v) is 10.8. The molecule has 1 aromatic rings. The zero-order chi connectivity index (χ0) is 23.4. The lowest BCUT2D eigenvalue weighted by Gasteiger charge is -2.37. The quantitative estimate of drug-likeness (QED) is 0.326. The zero-order valence-electron chi connectivity index (χ0n) is 19.5. The van der Waals surface area contributed by atoms with Crippen LogP contribution in [-0.4, -0.2) is 86.2 Å². The van der Waals surface area contributed by atoms with Gasteiger partial charge < -0.3 is 10.1 Å². The van der Waals surface area contributed by atoms with Gasteiger partial charge in [0.15, 0.2) is 0 Å². The first-order valence-corrected chi connectivity index (χ1v) is 13.8. The number of nitrogens with zero attached hydrogens (tertiary/aromatic N) is 3. The monoisotopic (exact) mass is 478 g/mol. The average molecular weight is 479 g/mol. The average Bonchev–Trinajstić information content (AvgIpc) is 2.79. The molecular weight excluding hydrogens is 440 g/mol. The highest BCUT2D eigenvalue weighted by Crippen LogP contribution is 2.28. The molecule has 0 atom stereocenters. The lowest BCUT2D eigenvalue weighted by atomic mass is 9.93. The van der Waals surface area contributed by atoms with E-state index in [0.717, 1.165) is 76.9 Å². The molecule has 8 nitrogen and oxygen atoms in total. The first-order valence-electron chi connectivity index (χ1n) is 12.2.